The van der Waals surface area contributed by atoms with Crippen molar-refractivity contribution in [2.24, 2.45) is 0 Å². The van der Waals surface area contributed by atoms with E-state index >= 15 is 0 Å². The predicted molar refractivity (Wildman–Crippen MR) is 67.1 cm³/mol. The van der Waals surface area contributed by atoms with Gasteiger partial charge in [-0.15, -0.1) is 0 Å². The van der Waals surface area contributed by atoms with Crippen molar-refractivity contribution in [3.8, 4) is 0 Å². The highest BCUT2D eigenvalue weighted by Crippen LogP contribution is 2.28. The maximum atomic E-state index is 12.2. The molecule has 0 heterocycles. The van der Waals surface area contributed by atoms with E-state index in [4.69, 9.17) is 0 Å². The summed E-state index contributed by atoms with van der Waals surface area (Å²) < 4.78 is 0. The van der Waals surface area contributed by atoms with Crippen molar-refractivity contribution in [1.29, 1.82) is 0 Å². The Labute approximate surface area is 100.0 Å². The van der Waals surface area contributed by atoms with Crippen LogP contribution in [0, 0.1) is 0 Å². The third-order valence-electron chi connectivity index (χ3n) is 2.72. The number of rotatable bonds is 1. The van der Waals surface area contributed by atoms with Crippen molar-refractivity contribution < 1.29 is 9.59 Å². The lowest BCUT2D eigenvalue weighted by atomic mass is 9.83. The van der Waals surface area contributed by atoms with Gasteiger partial charge < -0.3 is 0 Å². The Morgan fingerprint density at radius 3 is 2.24 bits per heavy atom. The monoisotopic (exact) mass is 224 g/mol. The summed E-state index contributed by atoms with van der Waals surface area (Å²) >= 11 is 0. The molecule has 17 heavy (non-hydrogen) atoms. The van der Waals surface area contributed by atoms with Crippen LogP contribution in [0.5, 0.6) is 0 Å². The van der Waals surface area contributed by atoms with Crippen LogP contribution in [0.2, 0.25) is 0 Å². The molecule has 84 valence electrons. The summed E-state index contributed by atoms with van der Waals surface area (Å²) in [5.74, 6) is -0.306. The van der Waals surface area contributed by atoms with Crippen LogP contribution in [0.25, 0.3) is 0 Å². The third kappa shape index (κ3) is 1.78. The summed E-state index contributed by atoms with van der Waals surface area (Å²) in [5, 5.41) is 0. The van der Waals surface area contributed by atoms with E-state index < -0.39 is 0 Å². The molecule has 0 bridgehead atoms. The summed E-state index contributed by atoms with van der Waals surface area (Å²) in [7, 11) is 0. The van der Waals surface area contributed by atoms with Crippen molar-refractivity contribution >= 4 is 11.6 Å². The average molecular weight is 224 g/mol. The molecular weight excluding hydrogens is 212 g/mol. The topological polar surface area (TPSA) is 34.1 Å². The smallest absolute Gasteiger partial charge is 0.194 e. The van der Waals surface area contributed by atoms with Crippen molar-refractivity contribution in [2.45, 2.75) is 6.92 Å². The van der Waals surface area contributed by atoms with Crippen LogP contribution in [-0.2, 0) is 0 Å². The van der Waals surface area contributed by atoms with E-state index in [1.807, 2.05) is 6.92 Å². The summed E-state index contributed by atoms with van der Waals surface area (Å²) in [6, 6.07) is 6.84. The number of hydrogen-bond acceptors (Lipinski definition) is 2. The summed E-state index contributed by atoms with van der Waals surface area (Å²) in [6.45, 7) is 5.56. The Hall–Kier alpha value is -2.22. The minimum Gasteiger partial charge on any atom is -0.289 e. The molecule has 2 heteroatoms. The second-order valence-electron chi connectivity index (χ2n) is 3.79. The molecule has 0 saturated carbocycles. The number of carbonyl (C=O) groups excluding carboxylic acids is 2. The second kappa shape index (κ2) is 4.34. The molecule has 1 aliphatic rings. The zero-order chi connectivity index (χ0) is 12.4. The third-order valence-corrected chi connectivity index (χ3v) is 2.72. The summed E-state index contributed by atoms with van der Waals surface area (Å²) in [4.78, 5) is 24.2. The maximum Gasteiger partial charge on any atom is 0.194 e. The van der Waals surface area contributed by atoms with Gasteiger partial charge in [0.05, 0.1) is 0 Å². The van der Waals surface area contributed by atoms with E-state index in [1.54, 1.807) is 42.5 Å². The molecule has 0 atom stereocenters. The summed E-state index contributed by atoms with van der Waals surface area (Å²) in [6.07, 6.45) is 5.18. The first-order valence-corrected chi connectivity index (χ1v) is 5.37. The highest BCUT2D eigenvalue weighted by atomic mass is 16.1. The molecule has 1 aromatic rings. The van der Waals surface area contributed by atoms with Gasteiger partial charge >= 0.3 is 0 Å². The fourth-order valence-corrected chi connectivity index (χ4v) is 1.81. The Bertz CT molecular complexity index is 574. The number of benzene rings is 1. The van der Waals surface area contributed by atoms with Crippen molar-refractivity contribution in [3.05, 3.63) is 71.3 Å². The normalized spacial score (nSPS) is 17.9. The molecular formula is C15H12O2. The van der Waals surface area contributed by atoms with E-state index in [9.17, 15) is 9.59 Å². The predicted octanol–water partition coefficient (Wildman–Crippen LogP) is 3.12. The fraction of sp³-hybridized carbons (Fsp3) is 0.0667. The quantitative estimate of drug-likeness (QED) is 0.687. The van der Waals surface area contributed by atoms with Crippen LogP contribution < -0.4 is 0 Å². The molecule has 2 nitrogen and oxygen atoms in total. The van der Waals surface area contributed by atoms with Gasteiger partial charge in [0.1, 0.15) is 0 Å². The standard InChI is InChI=1S/C15H12O2/c1-3-4-7-11-10(2)14(16)12-8-5-6-9-13(12)15(11)17/h3-9H,2H2,1H3/b4-3-,11-7+. The van der Waals surface area contributed by atoms with Crippen LogP contribution in [-0.4, -0.2) is 11.6 Å². The minimum absolute atomic E-state index is 0.136. The minimum atomic E-state index is -0.170. The molecule has 2 rings (SSSR count). The van der Waals surface area contributed by atoms with Gasteiger partial charge in [0.15, 0.2) is 11.6 Å². The van der Waals surface area contributed by atoms with E-state index in [1.165, 1.54) is 0 Å². The lowest BCUT2D eigenvalue weighted by Crippen LogP contribution is -2.21. The molecule has 0 fully saturated rings. The molecule has 0 amide bonds. The zero-order valence-corrected chi connectivity index (χ0v) is 9.57. The summed E-state index contributed by atoms with van der Waals surface area (Å²) in [5.41, 5.74) is 1.55. The van der Waals surface area contributed by atoms with Crippen LogP contribution in [0.1, 0.15) is 27.6 Å². The van der Waals surface area contributed by atoms with E-state index in [0.717, 1.165) is 0 Å². The van der Waals surface area contributed by atoms with Gasteiger partial charge in [-0.3, -0.25) is 9.59 Å². The van der Waals surface area contributed by atoms with Gasteiger partial charge in [-0.25, -0.2) is 0 Å². The first kappa shape index (κ1) is 11.3. The van der Waals surface area contributed by atoms with Crippen LogP contribution in [0.3, 0.4) is 0 Å². The molecule has 0 spiro atoms. The second-order valence-corrected chi connectivity index (χ2v) is 3.79. The lowest BCUT2D eigenvalue weighted by molar-refractivity contribution is 0.0973. The van der Waals surface area contributed by atoms with Gasteiger partial charge in [0, 0.05) is 22.3 Å². The Balaban J connectivity index is 2.63. The fourth-order valence-electron chi connectivity index (χ4n) is 1.81. The number of allylic oxidation sites excluding steroid dienone is 5. The van der Waals surface area contributed by atoms with Gasteiger partial charge in [-0.1, -0.05) is 49.1 Å². The highest BCUT2D eigenvalue weighted by molar-refractivity contribution is 6.30. The van der Waals surface area contributed by atoms with E-state index in [-0.39, 0.29) is 17.1 Å². The van der Waals surface area contributed by atoms with E-state index in [2.05, 4.69) is 6.58 Å². The Morgan fingerprint density at radius 2 is 1.65 bits per heavy atom. The molecule has 1 aromatic carbocycles. The van der Waals surface area contributed by atoms with Crippen molar-refractivity contribution in [1.82, 2.24) is 0 Å². The first-order valence-electron chi connectivity index (χ1n) is 5.37. The number of fused-ring (bicyclic) bond motifs is 1. The van der Waals surface area contributed by atoms with Gasteiger partial charge in [-0.2, -0.15) is 0 Å². The maximum absolute atomic E-state index is 12.2. The number of carbonyl (C=O) groups is 2. The molecule has 0 saturated heterocycles. The van der Waals surface area contributed by atoms with Crippen molar-refractivity contribution in [2.75, 3.05) is 0 Å². The number of hydrogen-bond donors (Lipinski definition) is 0. The van der Waals surface area contributed by atoms with Crippen LogP contribution in [0.4, 0.5) is 0 Å². The number of Topliss-reactive ketones (excluding diaryl/α,β-unsaturated/α-hetero) is 2. The molecule has 0 unspecified atom stereocenters. The first-order chi connectivity index (χ1) is 8.16. The van der Waals surface area contributed by atoms with Crippen LogP contribution >= 0.6 is 0 Å². The van der Waals surface area contributed by atoms with Gasteiger partial charge in [0.25, 0.3) is 0 Å². The number of ketones is 2. The van der Waals surface area contributed by atoms with E-state index in [0.29, 0.717) is 16.7 Å². The lowest BCUT2D eigenvalue weighted by Gasteiger charge is -2.17. The van der Waals surface area contributed by atoms with Crippen molar-refractivity contribution in [3.63, 3.8) is 0 Å². The molecule has 1 aliphatic carbocycles. The Kier molecular flexibility index (Phi) is 2.88. The van der Waals surface area contributed by atoms with Gasteiger partial charge in [-0.05, 0) is 6.92 Å². The molecule has 0 aliphatic heterocycles. The molecule has 0 radical (unpaired) electrons. The largest absolute Gasteiger partial charge is 0.289 e. The molecule has 0 aromatic heterocycles. The zero-order valence-electron chi connectivity index (χ0n) is 9.57. The SMILES string of the molecule is C=C1C(=O)c2ccccc2C(=O)/C1=C/C=C\C. The van der Waals surface area contributed by atoms with Crippen LogP contribution in [0.15, 0.2) is 60.2 Å². The highest BCUT2D eigenvalue weighted by Gasteiger charge is 2.30. The Morgan fingerprint density at radius 1 is 1.06 bits per heavy atom. The van der Waals surface area contributed by atoms with Gasteiger partial charge in [0.2, 0.25) is 0 Å². The average Bonchev–Trinajstić information content (AvgIpc) is 2.36. The molecule has 0 N–H and O–H groups in total.